The van der Waals surface area contributed by atoms with Crippen LogP contribution in [0.5, 0.6) is 0 Å². The highest BCUT2D eigenvalue weighted by molar-refractivity contribution is 14.0. The van der Waals surface area contributed by atoms with Gasteiger partial charge in [-0.2, -0.15) is 0 Å². The average Bonchev–Trinajstić information content (AvgIpc) is 3.14. The van der Waals surface area contributed by atoms with Gasteiger partial charge in [0.05, 0.1) is 12.2 Å². The minimum absolute atomic E-state index is 0. The van der Waals surface area contributed by atoms with Crippen LogP contribution in [0.1, 0.15) is 24.0 Å². The molecule has 1 aromatic carbocycles. The van der Waals surface area contributed by atoms with E-state index in [2.05, 4.69) is 61.4 Å². The van der Waals surface area contributed by atoms with E-state index in [0.29, 0.717) is 6.54 Å². The fourth-order valence-corrected chi connectivity index (χ4v) is 2.78. The molecule has 0 bridgehead atoms. The number of hydrogen-bond acceptors (Lipinski definition) is 3. The monoisotopic (exact) mass is 490 g/mol. The Morgan fingerprint density at radius 3 is 2.57 bits per heavy atom. The molecule has 3 rings (SSSR count). The molecule has 0 aliphatic heterocycles. The summed E-state index contributed by atoms with van der Waals surface area (Å²) in [5.41, 5.74) is 2.23. The van der Waals surface area contributed by atoms with Crippen molar-refractivity contribution in [3.8, 4) is 0 Å². The second-order valence-corrected chi connectivity index (χ2v) is 6.15. The Morgan fingerprint density at radius 1 is 1.00 bits per heavy atom. The van der Waals surface area contributed by atoms with Crippen LogP contribution in [0.3, 0.4) is 0 Å². The normalized spacial score (nSPS) is 11.0. The van der Waals surface area contributed by atoms with Crippen LogP contribution in [0.2, 0.25) is 0 Å². The molecule has 3 aromatic rings. The van der Waals surface area contributed by atoms with Gasteiger partial charge in [-0.3, -0.25) is 4.98 Å². The summed E-state index contributed by atoms with van der Waals surface area (Å²) in [5, 5.41) is 6.65. The average molecular weight is 490 g/mol. The summed E-state index contributed by atoms with van der Waals surface area (Å²) < 4.78 is 2.19. The third-order valence-electron chi connectivity index (χ3n) is 4.11. The molecule has 0 spiro atoms. The summed E-state index contributed by atoms with van der Waals surface area (Å²) in [6.07, 6.45) is 6.51. The molecular weight excluding hydrogens is 463 g/mol. The van der Waals surface area contributed by atoms with Gasteiger partial charge >= 0.3 is 0 Å². The first-order valence-corrected chi connectivity index (χ1v) is 9.31. The summed E-state index contributed by atoms with van der Waals surface area (Å²) >= 11 is 0. The highest BCUT2D eigenvalue weighted by Crippen LogP contribution is 2.06. The first-order chi connectivity index (χ1) is 13.3. The number of nitrogens with one attached hydrogen (secondary N) is 2. The summed E-state index contributed by atoms with van der Waals surface area (Å²) in [6.45, 7) is 5.03. The van der Waals surface area contributed by atoms with Gasteiger partial charge in [0.25, 0.3) is 0 Å². The van der Waals surface area contributed by atoms with Gasteiger partial charge in [-0.1, -0.05) is 36.4 Å². The van der Waals surface area contributed by atoms with Gasteiger partial charge in [0.2, 0.25) is 0 Å². The number of imidazole rings is 1. The lowest BCUT2D eigenvalue weighted by Crippen LogP contribution is -2.38. The molecule has 148 valence electrons. The molecule has 2 heterocycles. The number of benzene rings is 1. The topological polar surface area (TPSA) is 67.1 Å². The number of guanidine groups is 1. The first kappa shape index (κ1) is 21.9. The van der Waals surface area contributed by atoms with Crippen LogP contribution in [0.25, 0.3) is 0 Å². The first-order valence-electron chi connectivity index (χ1n) is 9.31. The molecule has 6 nitrogen and oxygen atoms in total. The van der Waals surface area contributed by atoms with Gasteiger partial charge < -0.3 is 15.2 Å². The van der Waals surface area contributed by atoms with E-state index in [1.54, 1.807) is 6.20 Å². The predicted octanol–water partition coefficient (Wildman–Crippen LogP) is 3.24. The van der Waals surface area contributed by atoms with Crippen LogP contribution in [0.15, 0.2) is 72.1 Å². The molecule has 0 atom stereocenters. The fourth-order valence-electron chi connectivity index (χ4n) is 2.78. The Bertz CT molecular complexity index is 832. The van der Waals surface area contributed by atoms with Crippen molar-refractivity contribution in [1.82, 2.24) is 25.2 Å². The van der Waals surface area contributed by atoms with Crippen molar-refractivity contribution in [2.45, 2.75) is 26.4 Å². The van der Waals surface area contributed by atoms with Crippen molar-refractivity contribution in [2.75, 3.05) is 13.1 Å². The molecule has 0 aliphatic rings. The number of nitrogens with zero attached hydrogens (tertiary/aromatic N) is 4. The third-order valence-corrected chi connectivity index (χ3v) is 4.11. The van der Waals surface area contributed by atoms with E-state index in [1.807, 2.05) is 36.7 Å². The lowest BCUT2D eigenvalue weighted by Gasteiger charge is -2.12. The quantitative estimate of drug-likeness (QED) is 0.289. The summed E-state index contributed by atoms with van der Waals surface area (Å²) in [5.74, 6) is 1.86. The Balaban J connectivity index is 0.00000280. The SMILES string of the molecule is CCNC(=NCc1ccccn1)NCCc1nccn1Cc1ccccc1.I. The standard InChI is InChI=1S/C21H26N6.HI/c1-2-22-21(26-16-19-10-6-7-12-23-19)25-13-11-20-24-14-15-27(20)17-18-8-4-3-5-9-18;/h3-10,12,14-15H,2,11,13,16-17H2,1H3,(H2,22,25,26);1H. The van der Waals surface area contributed by atoms with Gasteiger partial charge in [-0.15, -0.1) is 24.0 Å². The minimum atomic E-state index is 0. The maximum atomic E-state index is 4.60. The van der Waals surface area contributed by atoms with Crippen LogP contribution in [0.4, 0.5) is 0 Å². The van der Waals surface area contributed by atoms with Crippen LogP contribution in [0, 0.1) is 0 Å². The smallest absolute Gasteiger partial charge is 0.191 e. The van der Waals surface area contributed by atoms with Crippen LogP contribution < -0.4 is 10.6 Å². The maximum Gasteiger partial charge on any atom is 0.191 e. The molecule has 0 fully saturated rings. The largest absolute Gasteiger partial charge is 0.357 e. The predicted molar refractivity (Wildman–Crippen MR) is 124 cm³/mol. The number of aromatic nitrogens is 3. The molecular formula is C21H27IN6. The van der Waals surface area contributed by atoms with E-state index in [0.717, 1.165) is 43.5 Å². The van der Waals surface area contributed by atoms with E-state index in [-0.39, 0.29) is 24.0 Å². The minimum Gasteiger partial charge on any atom is -0.357 e. The molecule has 28 heavy (non-hydrogen) atoms. The number of pyridine rings is 1. The lowest BCUT2D eigenvalue weighted by atomic mass is 10.2. The second kappa shape index (κ2) is 12.1. The fraction of sp³-hybridized carbons (Fsp3) is 0.286. The number of aliphatic imine (C=N–C) groups is 1. The maximum absolute atomic E-state index is 4.60. The molecule has 0 radical (unpaired) electrons. The summed E-state index contributed by atoms with van der Waals surface area (Å²) in [6, 6.07) is 16.3. The van der Waals surface area contributed by atoms with Gasteiger partial charge in [0.1, 0.15) is 5.82 Å². The van der Waals surface area contributed by atoms with Crippen molar-refractivity contribution < 1.29 is 0 Å². The molecule has 2 aromatic heterocycles. The van der Waals surface area contributed by atoms with E-state index in [1.165, 1.54) is 5.56 Å². The van der Waals surface area contributed by atoms with Gasteiger partial charge in [0, 0.05) is 44.6 Å². The Hall–Kier alpha value is -2.42. The molecule has 0 saturated heterocycles. The van der Waals surface area contributed by atoms with Crippen LogP contribution in [-0.4, -0.2) is 33.6 Å². The number of hydrogen-bond donors (Lipinski definition) is 2. The molecule has 0 aliphatic carbocycles. The van der Waals surface area contributed by atoms with Gasteiger partial charge in [-0.25, -0.2) is 9.98 Å². The zero-order valence-corrected chi connectivity index (χ0v) is 18.4. The molecule has 7 heteroatoms. The zero-order valence-electron chi connectivity index (χ0n) is 16.1. The van der Waals surface area contributed by atoms with Gasteiger partial charge in [0.15, 0.2) is 5.96 Å². The Kier molecular flexibility index (Phi) is 9.47. The number of rotatable bonds is 8. The van der Waals surface area contributed by atoms with Crippen molar-refractivity contribution in [1.29, 1.82) is 0 Å². The molecule has 0 amide bonds. The second-order valence-electron chi connectivity index (χ2n) is 6.15. The highest BCUT2D eigenvalue weighted by Gasteiger charge is 2.05. The van der Waals surface area contributed by atoms with Crippen molar-refractivity contribution in [2.24, 2.45) is 4.99 Å². The lowest BCUT2D eigenvalue weighted by molar-refractivity contribution is 0.694. The molecule has 2 N–H and O–H groups in total. The summed E-state index contributed by atoms with van der Waals surface area (Å²) in [4.78, 5) is 13.4. The van der Waals surface area contributed by atoms with Crippen LogP contribution >= 0.6 is 24.0 Å². The van der Waals surface area contributed by atoms with Crippen molar-refractivity contribution in [3.05, 3.63) is 84.2 Å². The van der Waals surface area contributed by atoms with Crippen LogP contribution in [-0.2, 0) is 19.5 Å². The van der Waals surface area contributed by atoms with Crippen molar-refractivity contribution >= 4 is 29.9 Å². The van der Waals surface area contributed by atoms with E-state index < -0.39 is 0 Å². The third kappa shape index (κ3) is 6.95. The molecule has 0 unspecified atom stereocenters. The van der Waals surface area contributed by atoms with E-state index in [4.69, 9.17) is 0 Å². The number of halogens is 1. The Labute approximate surface area is 183 Å². The highest BCUT2D eigenvalue weighted by atomic mass is 127. The molecule has 0 saturated carbocycles. The Morgan fingerprint density at radius 2 is 1.82 bits per heavy atom. The van der Waals surface area contributed by atoms with E-state index in [9.17, 15) is 0 Å². The van der Waals surface area contributed by atoms with E-state index >= 15 is 0 Å². The summed E-state index contributed by atoms with van der Waals surface area (Å²) in [7, 11) is 0. The van der Waals surface area contributed by atoms with Crippen molar-refractivity contribution in [3.63, 3.8) is 0 Å². The van der Waals surface area contributed by atoms with Gasteiger partial charge in [-0.05, 0) is 24.6 Å². The zero-order chi connectivity index (χ0) is 18.7.